The van der Waals surface area contributed by atoms with Gasteiger partial charge in [-0.1, -0.05) is 6.58 Å². The highest BCUT2D eigenvalue weighted by Crippen LogP contribution is 2.33. The van der Waals surface area contributed by atoms with Gasteiger partial charge in [-0.25, -0.2) is 4.98 Å². The molecule has 1 amide bonds. The van der Waals surface area contributed by atoms with Gasteiger partial charge in [-0.05, 0) is 42.1 Å². The van der Waals surface area contributed by atoms with Gasteiger partial charge in [0, 0.05) is 43.3 Å². The summed E-state index contributed by atoms with van der Waals surface area (Å²) < 4.78 is 5.47. The number of amides is 1. The van der Waals surface area contributed by atoms with Crippen LogP contribution in [-0.4, -0.2) is 56.3 Å². The van der Waals surface area contributed by atoms with E-state index in [4.69, 9.17) is 15.5 Å². The largest absolute Gasteiger partial charge is 0.378 e. The molecule has 3 heterocycles. The fourth-order valence-electron chi connectivity index (χ4n) is 3.67. The maximum absolute atomic E-state index is 11.7. The van der Waals surface area contributed by atoms with E-state index < -0.39 is 0 Å². The second-order valence-corrected chi connectivity index (χ2v) is 7.03. The Hall–Kier alpha value is -2.64. The van der Waals surface area contributed by atoms with Crippen LogP contribution in [0.4, 0.5) is 17.3 Å². The van der Waals surface area contributed by atoms with Gasteiger partial charge < -0.3 is 25.6 Å². The maximum atomic E-state index is 11.7. The highest BCUT2D eigenvalue weighted by atomic mass is 16.5. The number of hydrogen-bond acceptors (Lipinski definition) is 6. The van der Waals surface area contributed by atoms with Gasteiger partial charge in [0.1, 0.15) is 11.6 Å². The summed E-state index contributed by atoms with van der Waals surface area (Å²) in [4.78, 5) is 21.2. The van der Waals surface area contributed by atoms with Crippen LogP contribution in [0.3, 0.4) is 0 Å². The Kier molecular flexibility index (Phi) is 4.96. The maximum Gasteiger partial charge on any atom is 0.247 e. The number of pyridine rings is 1. The van der Waals surface area contributed by atoms with E-state index in [0.29, 0.717) is 13.2 Å². The molecule has 2 aliphatic rings. The first kappa shape index (κ1) is 17.8. The number of fused-ring (bicyclic) bond motifs is 1. The van der Waals surface area contributed by atoms with Crippen LogP contribution in [-0.2, 0) is 9.53 Å². The molecule has 2 aliphatic heterocycles. The monoisotopic (exact) mass is 367 g/mol. The quantitative estimate of drug-likeness (QED) is 0.801. The lowest BCUT2D eigenvalue weighted by atomic mass is 10.1. The predicted octanol–water partition coefficient (Wildman–Crippen LogP) is 1.73. The molecule has 142 valence electrons. The first-order chi connectivity index (χ1) is 13.1. The number of benzene rings is 1. The number of rotatable bonds is 4. The fraction of sp³-hybridized carbons (Fsp3) is 0.400. The summed E-state index contributed by atoms with van der Waals surface area (Å²) in [6, 6.07) is 8.17. The number of carbonyl (C=O) groups is 1. The zero-order valence-corrected chi connectivity index (χ0v) is 15.4. The van der Waals surface area contributed by atoms with E-state index in [1.54, 1.807) is 0 Å². The lowest BCUT2D eigenvalue weighted by Crippen LogP contribution is -2.37. The van der Waals surface area contributed by atoms with Crippen molar-refractivity contribution in [3.05, 3.63) is 36.9 Å². The third-order valence-corrected chi connectivity index (χ3v) is 5.11. The number of aromatic nitrogens is 1. The summed E-state index contributed by atoms with van der Waals surface area (Å²) in [7, 11) is 0. The zero-order chi connectivity index (χ0) is 18.8. The van der Waals surface area contributed by atoms with Crippen LogP contribution in [0.5, 0.6) is 0 Å². The van der Waals surface area contributed by atoms with Crippen molar-refractivity contribution in [1.29, 1.82) is 0 Å². The molecule has 0 radical (unpaired) electrons. The topological polar surface area (TPSA) is 83.7 Å². The molecule has 7 nitrogen and oxygen atoms in total. The molecular weight excluding hydrogens is 342 g/mol. The lowest BCUT2D eigenvalue weighted by molar-refractivity contribution is -0.111. The minimum atomic E-state index is -0.220. The Morgan fingerprint density at radius 1 is 1.26 bits per heavy atom. The zero-order valence-electron chi connectivity index (χ0n) is 15.4. The molecular formula is C20H25N5O2. The van der Waals surface area contributed by atoms with Crippen LogP contribution in [0.1, 0.15) is 6.42 Å². The molecule has 0 saturated carbocycles. The number of anilines is 3. The number of carbonyl (C=O) groups excluding carboxylic acids is 1. The molecule has 1 aromatic heterocycles. The highest BCUT2D eigenvalue weighted by Gasteiger charge is 2.24. The van der Waals surface area contributed by atoms with E-state index in [2.05, 4.69) is 27.8 Å². The third-order valence-electron chi connectivity index (χ3n) is 5.11. The molecule has 2 saturated heterocycles. The van der Waals surface area contributed by atoms with Gasteiger partial charge in [-0.2, -0.15) is 0 Å². The van der Waals surface area contributed by atoms with Gasteiger partial charge in [-0.15, -0.1) is 0 Å². The van der Waals surface area contributed by atoms with Crippen molar-refractivity contribution in [2.75, 3.05) is 54.5 Å². The highest BCUT2D eigenvalue weighted by molar-refractivity contribution is 6.02. The summed E-state index contributed by atoms with van der Waals surface area (Å²) in [6.07, 6.45) is 2.24. The molecule has 3 N–H and O–H groups in total. The van der Waals surface area contributed by atoms with Gasteiger partial charge >= 0.3 is 0 Å². The smallest absolute Gasteiger partial charge is 0.247 e. The molecule has 2 aromatic rings. The first-order valence-corrected chi connectivity index (χ1v) is 9.35. The summed E-state index contributed by atoms with van der Waals surface area (Å²) in [5, 5.41) is 4.95. The van der Waals surface area contributed by atoms with Gasteiger partial charge in [0.2, 0.25) is 5.91 Å². The lowest BCUT2D eigenvalue weighted by Gasteiger charge is -2.29. The number of morpholine rings is 1. The average Bonchev–Trinajstić information content (AvgIpc) is 3.13. The van der Waals surface area contributed by atoms with E-state index >= 15 is 0 Å². The van der Waals surface area contributed by atoms with Crippen LogP contribution in [0.15, 0.2) is 36.9 Å². The molecule has 1 unspecified atom stereocenters. The summed E-state index contributed by atoms with van der Waals surface area (Å²) in [5.74, 6) is 1.68. The summed E-state index contributed by atoms with van der Waals surface area (Å²) in [6.45, 7) is 8.29. The Morgan fingerprint density at radius 3 is 2.78 bits per heavy atom. The van der Waals surface area contributed by atoms with Crippen LogP contribution >= 0.6 is 0 Å². The van der Waals surface area contributed by atoms with Crippen molar-refractivity contribution in [1.82, 2.24) is 4.98 Å². The second kappa shape index (κ2) is 7.54. The Bertz CT molecular complexity index is 863. The standard InChI is InChI=1S/C20H25N5O2/c1-2-19(26)22-16-3-4-17-14(11-16)12-18(24-7-9-27-10-8-24)23-20(17)25-6-5-15(21)13-25/h2-4,11-12,15H,1,5-10,13,21H2,(H,22,26). The van der Waals surface area contributed by atoms with E-state index in [0.717, 1.165) is 60.7 Å². The normalized spacial score (nSPS) is 20.1. The number of ether oxygens (including phenoxy) is 1. The molecule has 7 heteroatoms. The molecule has 27 heavy (non-hydrogen) atoms. The van der Waals surface area contributed by atoms with E-state index in [1.807, 2.05) is 18.2 Å². The second-order valence-electron chi connectivity index (χ2n) is 7.03. The van der Waals surface area contributed by atoms with Gasteiger partial charge in [0.15, 0.2) is 0 Å². The molecule has 1 atom stereocenters. The number of nitrogens with one attached hydrogen (secondary N) is 1. The van der Waals surface area contributed by atoms with Crippen LogP contribution in [0.2, 0.25) is 0 Å². The molecule has 0 bridgehead atoms. The summed E-state index contributed by atoms with van der Waals surface area (Å²) >= 11 is 0. The van der Waals surface area contributed by atoms with E-state index in [9.17, 15) is 4.79 Å². The van der Waals surface area contributed by atoms with Crippen molar-refractivity contribution in [2.24, 2.45) is 5.73 Å². The number of nitrogens with two attached hydrogens (primary N) is 1. The molecule has 0 aliphatic carbocycles. The molecule has 1 aromatic carbocycles. The fourth-order valence-corrected chi connectivity index (χ4v) is 3.67. The minimum Gasteiger partial charge on any atom is -0.378 e. The van der Waals surface area contributed by atoms with Crippen molar-refractivity contribution in [3.63, 3.8) is 0 Å². The van der Waals surface area contributed by atoms with Crippen LogP contribution in [0, 0.1) is 0 Å². The first-order valence-electron chi connectivity index (χ1n) is 9.35. The van der Waals surface area contributed by atoms with E-state index in [-0.39, 0.29) is 11.9 Å². The van der Waals surface area contributed by atoms with Gasteiger partial charge in [0.05, 0.1) is 13.2 Å². The molecule has 4 rings (SSSR count). The Labute approximate surface area is 158 Å². The minimum absolute atomic E-state index is 0.181. The van der Waals surface area contributed by atoms with Gasteiger partial charge in [-0.3, -0.25) is 4.79 Å². The predicted molar refractivity (Wildman–Crippen MR) is 108 cm³/mol. The van der Waals surface area contributed by atoms with Crippen molar-refractivity contribution in [2.45, 2.75) is 12.5 Å². The summed E-state index contributed by atoms with van der Waals surface area (Å²) in [5.41, 5.74) is 6.87. The molecule has 2 fully saturated rings. The van der Waals surface area contributed by atoms with Crippen molar-refractivity contribution in [3.8, 4) is 0 Å². The van der Waals surface area contributed by atoms with Crippen LogP contribution < -0.4 is 20.9 Å². The van der Waals surface area contributed by atoms with Crippen molar-refractivity contribution < 1.29 is 9.53 Å². The third kappa shape index (κ3) is 3.74. The number of hydrogen-bond donors (Lipinski definition) is 2. The van der Waals surface area contributed by atoms with Crippen LogP contribution in [0.25, 0.3) is 10.8 Å². The Balaban J connectivity index is 1.77. The Morgan fingerprint density at radius 2 is 2.07 bits per heavy atom. The molecule has 0 spiro atoms. The number of nitrogens with zero attached hydrogens (tertiary/aromatic N) is 3. The average molecular weight is 367 g/mol. The van der Waals surface area contributed by atoms with Gasteiger partial charge in [0.25, 0.3) is 0 Å². The SMILES string of the molecule is C=CC(=O)Nc1ccc2c(N3CCC(N)C3)nc(N3CCOCC3)cc2c1. The van der Waals surface area contributed by atoms with Crippen molar-refractivity contribution >= 4 is 34.0 Å². The van der Waals surface area contributed by atoms with E-state index in [1.165, 1.54) is 6.08 Å².